The summed E-state index contributed by atoms with van der Waals surface area (Å²) in [7, 11) is 0. The highest BCUT2D eigenvalue weighted by atomic mass is 79.9. The summed E-state index contributed by atoms with van der Waals surface area (Å²) in [5, 5.41) is 19.0. The first kappa shape index (κ1) is 20.1. The zero-order chi connectivity index (χ0) is 15.4. The van der Waals surface area contributed by atoms with Gasteiger partial charge < -0.3 is 44.2 Å². The molecule has 0 aliphatic heterocycles. The van der Waals surface area contributed by atoms with Gasteiger partial charge in [0.1, 0.15) is 0 Å². The van der Waals surface area contributed by atoms with Crippen LogP contribution >= 0.6 is 0 Å². The molecule has 0 fully saturated rings. The summed E-state index contributed by atoms with van der Waals surface area (Å²) in [6, 6.07) is 15.2. The molecule has 6 heteroatoms. The van der Waals surface area contributed by atoms with E-state index in [2.05, 4.69) is 18.2 Å². The zero-order valence-corrected chi connectivity index (χ0v) is 16.1. The molecule has 2 heterocycles. The standard InChI is InChI=1S/C18H16N2O2.2BrH/c21-17-6-2-8-19(13-17)11-15-4-1-5-16(10-15)12-20-9-3-7-18(22)14-20;;/h1-10,13-14H,11-12H2;2*1H. The van der Waals surface area contributed by atoms with E-state index in [1.54, 1.807) is 24.5 Å². The van der Waals surface area contributed by atoms with Crippen molar-refractivity contribution in [3.05, 3.63) is 84.4 Å². The normalized spacial score (nSPS) is 9.67. The second-order valence-electron chi connectivity index (χ2n) is 5.29. The monoisotopic (exact) mass is 452 g/mol. The summed E-state index contributed by atoms with van der Waals surface area (Å²) >= 11 is 0. The van der Waals surface area contributed by atoms with Crippen molar-refractivity contribution in [3.63, 3.8) is 0 Å². The van der Waals surface area contributed by atoms with E-state index in [1.165, 1.54) is 0 Å². The van der Waals surface area contributed by atoms with Gasteiger partial charge >= 0.3 is 0 Å². The molecular weight excluding hydrogens is 436 g/mol. The first-order valence-corrected chi connectivity index (χ1v) is 7.13. The lowest BCUT2D eigenvalue weighted by Crippen LogP contribution is -3.00. The molecule has 126 valence electrons. The van der Waals surface area contributed by atoms with Gasteiger partial charge in [0, 0.05) is 23.3 Å². The highest BCUT2D eigenvalue weighted by Gasteiger charge is 2.07. The van der Waals surface area contributed by atoms with E-state index in [-0.39, 0.29) is 45.5 Å². The largest absolute Gasteiger partial charge is 1.00 e. The fourth-order valence-electron chi connectivity index (χ4n) is 2.46. The van der Waals surface area contributed by atoms with Crippen molar-refractivity contribution in [2.45, 2.75) is 13.1 Å². The van der Waals surface area contributed by atoms with Crippen molar-refractivity contribution in [2.75, 3.05) is 0 Å². The minimum atomic E-state index is 0. The van der Waals surface area contributed by atoms with Gasteiger partial charge in [-0.2, -0.15) is 9.13 Å². The smallest absolute Gasteiger partial charge is 0.211 e. The fourth-order valence-corrected chi connectivity index (χ4v) is 2.46. The first-order valence-electron chi connectivity index (χ1n) is 7.13. The van der Waals surface area contributed by atoms with E-state index in [0.717, 1.165) is 11.1 Å². The Morgan fingerprint density at radius 1 is 0.667 bits per heavy atom. The van der Waals surface area contributed by atoms with Crippen LogP contribution in [-0.2, 0) is 13.1 Å². The third kappa shape index (κ3) is 5.62. The summed E-state index contributed by atoms with van der Waals surface area (Å²) < 4.78 is 3.88. The number of pyridine rings is 2. The van der Waals surface area contributed by atoms with Crippen LogP contribution in [0.4, 0.5) is 0 Å². The average Bonchev–Trinajstić information content (AvgIpc) is 2.47. The van der Waals surface area contributed by atoms with Crippen LogP contribution < -0.4 is 43.1 Å². The van der Waals surface area contributed by atoms with E-state index in [0.29, 0.717) is 13.1 Å². The maximum Gasteiger partial charge on any atom is 0.211 e. The Labute approximate surface area is 162 Å². The topological polar surface area (TPSA) is 48.2 Å². The van der Waals surface area contributed by atoms with Crippen molar-refractivity contribution in [2.24, 2.45) is 0 Å². The van der Waals surface area contributed by atoms with Gasteiger partial charge in [-0.25, -0.2) is 0 Å². The van der Waals surface area contributed by atoms with Gasteiger partial charge in [-0.05, 0) is 18.2 Å². The van der Waals surface area contributed by atoms with Crippen LogP contribution in [0.25, 0.3) is 0 Å². The Balaban J connectivity index is 0.00000144. The summed E-state index contributed by atoms with van der Waals surface area (Å²) in [5.74, 6) is 0.517. The first-order chi connectivity index (χ1) is 10.7. The van der Waals surface area contributed by atoms with Gasteiger partial charge in [-0.1, -0.05) is 18.2 Å². The van der Waals surface area contributed by atoms with Crippen molar-refractivity contribution >= 4 is 0 Å². The Morgan fingerprint density at radius 2 is 1.12 bits per heavy atom. The molecule has 3 aromatic rings. The number of hydrogen-bond acceptors (Lipinski definition) is 2. The summed E-state index contributed by atoms with van der Waals surface area (Å²) in [6.45, 7) is 1.40. The molecular formula is C18H18Br2N2O2. The number of benzene rings is 1. The molecule has 1 aromatic carbocycles. The van der Waals surface area contributed by atoms with Crippen LogP contribution in [0.3, 0.4) is 0 Å². The SMILES string of the molecule is Oc1ccc[n+](Cc2cccc(C[n+]3cccc(O)c3)c2)c1.[Br-].[Br-]. The number of hydrogen-bond donors (Lipinski definition) is 2. The lowest BCUT2D eigenvalue weighted by atomic mass is 10.1. The van der Waals surface area contributed by atoms with Crippen LogP contribution in [0.1, 0.15) is 11.1 Å². The van der Waals surface area contributed by atoms with Crippen LogP contribution in [0.5, 0.6) is 11.5 Å². The molecule has 0 atom stereocenters. The number of aromatic nitrogens is 2. The molecule has 24 heavy (non-hydrogen) atoms. The van der Waals surface area contributed by atoms with E-state index in [1.807, 2.05) is 39.7 Å². The van der Waals surface area contributed by atoms with Crippen molar-refractivity contribution in [1.29, 1.82) is 0 Å². The maximum absolute atomic E-state index is 9.52. The van der Waals surface area contributed by atoms with Crippen LogP contribution in [-0.4, -0.2) is 10.2 Å². The van der Waals surface area contributed by atoms with Gasteiger partial charge in [-0.3, -0.25) is 0 Å². The van der Waals surface area contributed by atoms with Gasteiger partial charge in [0.05, 0.1) is 0 Å². The van der Waals surface area contributed by atoms with E-state index < -0.39 is 0 Å². The van der Waals surface area contributed by atoms with Crippen LogP contribution in [0.2, 0.25) is 0 Å². The molecule has 0 amide bonds. The highest BCUT2D eigenvalue weighted by Crippen LogP contribution is 2.07. The second kappa shape index (κ2) is 9.39. The lowest BCUT2D eigenvalue weighted by molar-refractivity contribution is -0.689. The summed E-state index contributed by atoms with van der Waals surface area (Å²) in [6.07, 6.45) is 7.26. The third-order valence-electron chi connectivity index (χ3n) is 3.41. The van der Waals surface area contributed by atoms with Crippen LogP contribution in [0, 0.1) is 0 Å². The zero-order valence-electron chi connectivity index (χ0n) is 12.9. The molecule has 4 nitrogen and oxygen atoms in total. The quantitative estimate of drug-likeness (QED) is 0.393. The second-order valence-corrected chi connectivity index (χ2v) is 5.29. The van der Waals surface area contributed by atoms with Gasteiger partial charge in [0.25, 0.3) is 0 Å². The molecule has 0 aliphatic rings. The molecule has 0 spiro atoms. The number of nitrogens with zero attached hydrogens (tertiary/aromatic N) is 2. The molecule has 0 bridgehead atoms. The summed E-state index contributed by atoms with van der Waals surface area (Å²) in [4.78, 5) is 0. The number of halogens is 2. The number of rotatable bonds is 4. The molecule has 0 saturated heterocycles. The van der Waals surface area contributed by atoms with E-state index in [4.69, 9.17) is 0 Å². The van der Waals surface area contributed by atoms with Gasteiger partial charge in [0.2, 0.25) is 12.4 Å². The lowest BCUT2D eigenvalue weighted by Gasteiger charge is -2.02. The predicted molar refractivity (Wildman–Crippen MR) is 81.2 cm³/mol. The molecule has 0 unspecified atom stereocenters. The van der Waals surface area contributed by atoms with Crippen molar-refractivity contribution in [3.8, 4) is 11.5 Å². The maximum atomic E-state index is 9.52. The average molecular weight is 454 g/mol. The summed E-state index contributed by atoms with van der Waals surface area (Å²) in [5.41, 5.74) is 2.32. The van der Waals surface area contributed by atoms with Gasteiger partial charge in [0.15, 0.2) is 37.0 Å². The molecule has 0 saturated carbocycles. The Hall–Kier alpha value is -1.92. The minimum Gasteiger partial charge on any atom is -1.00 e. The highest BCUT2D eigenvalue weighted by molar-refractivity contribution is 5.22. The molecule has 2 N–H and O–H groups in total. The fraction of sp³-hybridized carbons (Fsp3) is 0.111. The number of aromatic hydroxyl groups is 2. The van der Waals surface area contributed by atoms with E-state index in [9.17, 15) is 10.2 Å². The molecule has 0 aliphatic carbocycles. The third-order valence-corrected chi connectivity index (χ3v) is 3.41. The Kier molecular flexibility index (Phi) is 7.88. The van der Waals surface area contributed by atoms with Gasteiger partial charge in [-0.15, -0.1) is 0 Å². The molecule has 0 radical (unpaired) electrons. The van der Waals surface area contributed by atoms with Crippen LogP contribution in [0.15, 0.2) is 73.3 Å². The Bertz CT molecular complexity index is 734. The van der Waals surface area contributed by atoms with Crippen molar-refractivity contribution < 1.29 is 53.3 Å². The predicted octanol–water partition coefficient (Wildman–Crippen LogP) is -4.22. The molecule has 2 aromatic heterocycles. The minimum absolute atomic E-state index is 0. The Morgan fingerprint density at radius 3 is 1.54 bits per heavy atom. The molecule has 3 rings (SSSR count). The van der Waals surface area contributed by atoms with E-state index >= 15 is 0 Å². The van der Waals surface area contributed by atoms with Crippen molar-refractivity contribution in [1.82, 2.24) is 0 Å².